The van der Waals surface area contributed by atoms with Crippen molar-refractivity contribution in [2.24, 2.45) is 12.0 Å². The van der Waals surface area contributed by atoms with Gasteiger partial charge in [0.15, 0.2) is 5.96 Å². The number of aliphatic imine (C=N–C) groups is 1. The standard InChI is InChI=1S/C23H34N6O2.HI/c1-3-24-23(29-11-12-30-21(17-29)19-15-27-28(2)16-19)26-14-18-9-10-22(25-13-18)31-20-7-5-4-6-8-20;/h9-10,13,15-16,20-21H,3-8,11-12,14,17H2,1-2H3,(H,24,26);1H. The zero-order chi connectivity index (χ0) is 21.5. The lowest BCUT2D eigenvalue weighted by Crippen LogP contribution is -2.48. The fourth-order valence-corrected chi connectivity index (χ4v) is 4.17. The van der Waals surface area contributed by atoms with Crippen molar-refractivity contribution >= 4 is 29.9 Å². The summed E-state index contributed by atoms with van der Waals surface area (Å²) in [5.41, 5.74) is 2.17. The molecule has 1 N–H and O–H groups in total. The van der Waals surface area contributed by atoms with Crippen molar-refractivity contribution in [3.05, 3.63) is 41.9 Å². The van der Waals surface area contributed by atoms with Crippen molar-refractivity contribution < 1.29 is 9.47 Å². The van der Waals surface area contributed by atoms with E-state index in [1.807, 2.05) is 36.4 Å². The van der Waals surface area contributed by atoms with Crippen molar-refractivity contribution in [1.29, 1.82) is 0 Å². The number of hydrogen-bond donors (Lipinski definition) is 1. The van der Waals surface area contributed by atoms with E-state index >= 15 is 0 Å². The van der Waals surface area contributed by atoms with Gasteiger partial charge in [-0.15, -0.1) is 24.0 Å². The monoisotopic (exact) mass is 554 g/mol. The highest BCUT2D eigenvalue weighted by Crippen LogP contribution is 2.23. The van der Waals surface area contributed by atoms with Crippen LogP contribution < -0.4 is 10.1 Å². The third kappa shape index (κ3) is 6.81. The van der Waals surface area contributed by atoms with Crippen molar-refractivity contribution in [3.8, 4) is 5.88 Å². The second kappa shape index (κ2) is 12.4. The van der Waals surface area contributed by atoms with E-state index in [9.17, 15) is 0 Å². The highest BCUT2D eigenvalue weighted by molar-refractivity contribution is 14.0. The van der Waals surface area contributed by atoms with E-state index in [4.69, 9.17) is 14.5 Å². The van der Waals surface area contributed by atoms with Crippen LogP contribution in [-0.2, 0) is 18.3 Å². The summed E-state index contributed by atoms with van der Waals surface area (Å²) in [5.74, 6) is 1.63. The van der Waals surface area contributed by atoms with E-state index in [0.29, 0.717) is 19.3 Å². The van der Waals surface area contributed by atoms with Crippen LogP contribution >= 0.6 is 24.0 Å². The molecule has 4 rings (SSSR count). The number of aromatic nitrogens is 3. The first-order valence-electron chi connectivity index (χ1n) is 11.5. The molecule has 1 aliphatic heterocycles. The fourth-order valence-electron chi connectivity index (χ4n) is 4.17. The molecule has 1 saturated heterocycles. The lowest BCUT2D eigenvalue weighted by Gasteiger charge is -2.34. The summed E-state index contributed by atoms with van der Waals surface area (Å²) < 4.78 is 13.8. The zero-order valence-corrected chi connectivity index (χ0v) is 21.4. The maximum atomic E-state index is 6.04. The Morgan fingerprint density at radius 3 is 2.78 bits per heavy atom. The second-order valence-electron chi connectivity index (χ2n) is 8.31. The quantitative estimate of drug-likeness (QED) is 0.334. The molecule has 0 aromatic carbocycles. The van der Waals surface area contributed by atoms with Gasteiger partial charge in [-0.3, -0.25) is 4.68 Å². The molecule has 0 radical (unpaired) electrons. The summed E-state index contributed by atoms with van der Waals surface area (Å²) in [6, 6.07) is 4.04. The Balaban J connectivity index is 0.00000289. The number of hydrogen-bond acceptors (Lipinski definition) is 5. The van der Waals surface area contributed by atoms with Crippen LogP contribution in [0.15, 0.2) is 35.7 Å². The molecule has 0 amide bonds. The molecule has 2 fully saturated rings. The van der Waals surface area contributed by atoms with E-state index in [2.05, 4.69) is 33.3 Å². The predicted octanol–water partition coefficient (Wildman–Crippen LogP) is 3.68. The number of aryl methyl sites for hydroxylation is 1. The Morgan fingerprint density at radius 1 is 1.25 bits per heavy atom. The molecule has 1 atom stereocenters. The van der Waals surface area contributed by atoms with Crippen LogP contribution in [0.4, 0.5) is 0 Å². The van der Waals surface area contributed by atoms with Gasteiger partial charge < -0.3 is 19.7 Å². The van der Waals surface area contributed by atoms with E-state index < -0.39 is 0 Å². The maximum absolute atomic E-state index is 6.04. The number of guanidine groups is 1. The van der Waals surface area contributed by atoms with Crippen LogP contribution in [0.1, 0.15) is 56.3 Å². The molecule has 2 aliphatic rings. The molecule has 2 aromatic heterocycles. The van der Waals surface area contributed by atoms with Gasteiger partial charge in [0.05, 0.1) is 25.9 Å². The minimum atomic E-state index is 0. The highest BCUT2D eigenvalue weighted by Gasteiger charge is 2.25. The zero-order valence-electron chi connectivity index (χ0n) is 19.1. The SMILES string of the molecule is CCNC(=NCc1ccc(OC2CCCCC2)nc1)N1CCOC(c2cnn(C)c2)C1.I. The number of nitrogens with zero attached hydrogens (tertiary/aromatic N) is 5. The Bertz CT molecular complexity index is 850. The summed E-state index contributed by atoms with van der Waals surface area (Å²) in [5, 5.41) is 7.69. The molecule has 1 aliphatic carbocycles. The molecule has 2 aromatic rings. The molecular formula is C23H35IN6O2. The van der Waals surface area contributed by atoms with Crippen LogP contribution in [0, 0.1) is 0 Å². The maximum Gasteiger partial charge on any atom is 0.213 e. The molecule has 1 saturated carbocycles. The van der Waals surface area contributed by atoms with Crippen LogP contribution in [0.5, 0.6) is 5.88 Å². The molecule has 1 unspecified atom stereocenters. The molecule has 0 spiro atoms. The Labute approximate surface area is 207 Å². The summed E-state index contributed by atoms with van der Waals surface area (Å²) in [4.78, 5) is 11.6. The van der Waals surface area contributed by atoms with Gasteiger partial charge >= 0.3 is 0 Å². The van der Waals surface area contributed by atoms with Crippen LogP contribution in [0.25, 0.3) is 0 Å². The summed E-state index contributed by atoms with van der Waals surface area (Å²) >= 11 is 0. The van der Waals surface area contributed by atoms with E-state index in [1.165, 1.54) is 19.3 Å². The summed E-state index contributed by atoms with van der Waals surface area (Å²) in [7, 11) is 1.93. The van der Waals surface area contributed by atoms with Crippen molar-refractivity contribution in [2.75, 3.05) is 26.2 Å². The molecule has 8 nitrogen and oxygen atoms in total. The van der Waals surface area contributed by atoms with Crippen molar-refractivity contribution in [1.82, 2.24) is 25.0 Å². The first-order chi connectivity index (χ1) is 15.2. The molecule has 0 bridgehead atoms. The average Bonchev–Trinajstić information content (AvgIpc) is 3.25. The third-order valence-corrected chi connectivity index (χ3v) is 5.85. The summed E-state index contributed by atoms with van der Waals surface area (Å²) in [6.07, 6.45) is 12.2. The Morgan fingerprint density at radius 2 is 2.09 bits per heavy atom. The van der Waals surface area contributed by atoms with Crippen molar-refractivity contribution in [2.45, 2.75) is 57.8 Å². The normalized spacial score (nSPS) is 20.0. The van der Waals surface area contributed by atoms with Gasteiger partial charge in [0.2, 0.25) is 5.88 Å². The number of pyridine rings is 1. The van der Waals surface area contributed by atoms with Crippen molar-refractivity contribution in [3.63, 3.8) is 0 Å². The highest BCUT2D eigenvalue weighted by atomic mass is 127. The molecule has 3 heterocycles. The van der Waals surface area contributed by atoms with Crippen LogP contribution in [0.3, 0.4) is 0 Å². The van der Waals surface area contributed by atoms with E-state index in [0.717, 1.165) is 55.4 Å². The molecule has 32 heavy (non-hydrogen) atoms. The number of halogens is 1. The fraction of sp³-hybridized carbons (Fsp3) is 0.609. The molecule has 9 heteroatoms. The topological polar surface area (TPSA) is 76.8 Å². The van der Waals surface area contributed by atoms with Gasteiger partial charge in [-0.25, -0.2) is 9.98 Å². The van der Waals surface area contributed by atoms with E-state index in [-0.39, 0.29) is 30.1 Å². The first kappa shape index (κ1) is 24.8. The Kier molecular flexibility index (Phi) is 9.58. The van der Waals surface area contributed by atoms with Crippen LogP contribution in [0.2, 0.25) is 0 Å². The Hall–Kier alpha value is -1.88. The van der Waals surface area contributed by atoms with Crippen LogP contribution in [-0.4, -0.2) is 58.0 Å². The lowest BCUT2D eigenvalue weighted by molar-refractivity contribution is -0.00805. The van der Waals surface area contributed by atoms with E-state index in [1.54, 1.807) is 0 Å². The minimum absolute atomic E-state index is 0. The number of rotatable bonds is 6. The second-order valence-corrected chi connectivity index (χ2v) is 8.31. The van der Waals surface area contributed by atoms with Gasteiger partial charge in [0, 0.05) is 44.2 Å². The van der Waals surface area contributed by atoms with Gasteiger partial charge in [-0.1, -0.05) is 12.5 Å². The van der Waals surface area contributed by atoms with Gasteiger partial charge in [0.25, 0.3) is 0 Å². The number of ether oxygens (including phenoxy) is 2. The van der Waals surface area contributed by atoms with Gasteiger partial charge in [-0.05, 0) is 38.2 Å². The minimum Gasteiger partial charge on any atom is -0.474 e. The third-order valence-electron chi connectivity index (χ3n) is 5.85. The van der Waals surface area contributed by atoms with Gasteiger partial charge in [-0.2, -0.15) is 5.10 Å². The predicted molar refractivity (Wildman–Crippen MR) is 135 cm³/mol. The average molecular weight is 554 g/mol. The lowest BCUT2D eigenvalue weighted by atomic mass is 9.98. The summed E-state index contributed by atoms with van der Waals surface area (Å²) in [6.45, 7) is 5.72. The number of nitrogens with one attached hydrogen (secondary N) is 1. The number of morpholine rings is 1. The largest absolute Gasteiger partial charge is 0.474 e. The first-order valence-corrected chi connectivity index (χ1v) is 11.5. The molecular weight excluding hydrogens is 519 g/mol. The van der Waals surface area contributed by atoms with Gasteiger partial charge in [0.1, 0.15) is 12.2 Å². The smallest absolute Gasteiger partial charge is 0.213 e. The molecule has 176 valence electrons.